The number of ether oxygens (including phenoxy) is 1. The maximum atomic E-state index is 8.71. The van der Waals surface area contributed by atoms with Crippen molar-refractivity contribution in [3.8, 4) is 11.8 Å². The molecule has 0 fully saturated rings. The van der Waals surface area contributed by atoms with Crippen molar-refractivity contribution in [2.75, 3.05) is 7.11 Å². The Labute approximate surface area is 71.4 Å². The average Bonchev–Trinajstić information content (AvgIpc) is 2.16. The quantitative estimate of drug-likeness (QED) is 0.706. The summed E-state index contributed by atoms with van der Waals surface area (Å²) in [5.41, 5.74) is 6.85. The van der Waals surface area contributed by atoms with Crippen LogP contribution in [0.15, 0.2) is 18.2 Å². The number of hydrogen-bond acceptors (Lipinski definition) is 3. The van der Waals surface area contributed by atoms with Gasteiger partial charge in [0, 0.05) is 6.54 Å². The smallest absolute Gasteiger partial charge is 0.120 e. The fraction of sp³-hybridized carbons (Fsp3) is 0.222. The predicted octanol–water partition coefficient (Wildman–Crippen LogP) is 1.03. The molecule has 2 N–H and O–H groups in total. The topological polar surface area (TPSA) is 59.0 Å². The molecule has 62 valence electrons. The normalized spacial score (nSPS) is 9.08. The zero-order valence-electron chi connectivity index (χ0n) is 6.87. The van der Waals surface area contributed by atoms with E-state index in [-0.39, 0.29) is 0 Å². The zero-order chi connectivity index (χ0) is 8.97. The van der Waals surface area contributed by atoms with E-state index in [1.165, 1.54) is 0 Å². The highest BCUT2D eigenvalue weighted by Gasteiger charge is 2.00. The molecule has 1 aromatic rings. The molecule has 0 saturated heterocycles. The SMILES string of the molecule is COc1ccc(CN)c(C#N)c1. The molecular weight excluding hydrogens is 152 g/mol. The van der Waals surface area contributed by atoms with Crippen molar-refractivity contribution in [1.29, 1.82) is 5.26 Å². The summed E-state index contributed by atoms with van der Waals surface area (Å²) in [5, 5.41) is 8.71. The number of nitriles is 1. The van der Waals surface area contributed by atoms with Crippen LogP contribution in [0.3, 0.4) is 0 Å². The van der Waals surface area contributed by atoms with Crippen molar-refractivity contribution in [1.82, 2.24) is 0 Å². The zero-order valence-corrected chi connectivity index (χ0v) is 6.87. The first-order chi connectivity index (χ1) is 5.81. The second-order valence-electron chi connectivity index (χ2n) is 2.34. The molecule has 0 radical (unpaired) electrons. The molecule has 1 rings (SSSR count). The maximum Gasteiger partial charge on any atom is 0.120 e. The van der Waals surface area contributed by atoms with Gasteiger partial charge in [-0.3, -0.25) is 0 Å². The van der Waals surface area contributed by atoms with Gasteiger partial charge in [-0.1, -0.05) is 6.07 Å². The molecule has 0 bridgehead atoms. The summed E-state index contributed by atoms with van der Waals surface area (Å²) in [6, 6.07) is 7.34. The predicted molar refractivity (Wildman–Crippen MR) is 45.6 cm³/mol. The van der Waals surface area contributed by atoms with Gasteiger partial charge in [0.05, 0.1) is 18.7 Å². The Morgan fingerprint density at radius 3 is 2.83 bits per heavy atom. The first kappa shape index (κ1) is 8.57. The summed E-state index contributed by atoms with van der Waals surface area (Å²) in [6.07, 6.45) is 0. The minimum Gasteiger partial charge on any atom is -0.497 e. The minimum absolute atomic E-state index is 0.382. The molecule has 12 heavy (non-hydrogen) atoms. The summed E-state index contributed by atoms with van der Waals surface area (Å²) in [5.74, 6) is 0.684. The fourth-order valence-electron chi connectivity index (χ4n) is 0.965. The molecule has 3 heteroatoms. The van der Waals surface area contributed by atoms with Crippen LogP contribution < -0.4 is 10.5 Å². The molecule has 0 aromatic heterocycles. The molecule has 0 aliphatic rings. The number of rotatable bonds is 2. The van der Waals surface area contributed by atoms with Gasteiger partial charge < -0.3 is 10.5 Å². The van der Waals surface area contributed by atoms with E-state index in [0.717, 1.165) is 5.56 Å². The molecule has 0 aliphatic carbocycles. The van der Waals surface area contributed by atoms with E-state index < -0.39 is 0 Å². The molecule has 1 aromatic carbocycles. The van der Waals surface area contributed by atoms with Crippen molar-refractivity contribution < 1.29 is 4.74 Å². The molecule has 3 nitrogen and oxygen atoms in total. The Kier molecular flexibility index (Phi) is 2.67. The molecule has 0 unspecified atom stereocenters. The summed E-state index contributed by atoms with van der Waals surface area (Å²) < 4.78 is 4.96. The van der Waals surface area contributed by atoms with Gasteiger partial charge in [-0.2, -0.15) is 5.26 Å². The van der Waals surface area contributed by atoms with E-state index in [0.29, 0.717) is 17.9 Å². The first-order valence-corrected chi connectivity index (χ1v) is 3.59. The third-order valence-corrected chi connectivity index (χ3v) is 1.66. The van der Waals surface area contributed by atoms with Crippen molar-refractivity contribution in [3.63, 3.8) is 0 Å². The van der Waals surface area contributed by atoms with Crippen molar-refractivity contribution in [3.05, 3.63) is 29.3 Å². The highest BCUT2D eigenvalue weighted by atomic mass is 16.5. The van der Waals surface area contributed by atoms with Crippen LogP contribution in [0, 0.1) is 11.3 Å². The fourth-order valence-corrected chi connectivity index (χ4v) is 0.965. The highest BCUT2D eigenvalue weighted by Crippen LogP contribution is 2.16. The van der Waals surface area contributed by atoms with Crippen molar-refractivity contribution in [2.45, 2.75) is 6.54 Å². The summed E-state index contributed by atoms with van der Waals surface area (Å²) in [7, 11) is 1.57. The Hall–Kier alpha value is -1.53. The third-order valence-electron chi connectivity index (χ3n) is 1.66. The molecule has 0 amide bonds. The third kappa shape index (κ3) is 1.55. The van der Waals surface area contributed by atoms with Gasteiger partial charge >= 0.3 is 0 Å². The molecule has 0 spiro atoms. The van der Waals surface area contributed by atoms with Gasteiger partial charge in [0.25, 0.3) is 0 Å². The Bertz CT molecular complexity index is 315. The molecular formula is C9H10N2O. The standard InChI is InChI=1S/C9H10N2O/c1-12-9-3-2-7(5-10)8(4-9)6-11/h2-4H,5,10H2,1H3. The van der Waals surface area contributed by atoms with Crippen LogP contribution in [0.5, 0.6) is 5.75 Å². The Balaban J connectivity index is 3.13. The van der Waals surface area contributed by atoms with Gasteiger partial charge in [-0.15, -0.1) is 0 Å². The van der Waals surface area contributed by atoms with Gasteiger partial charge in [0.2, 0.25) is 0 Å². The van der Waals surface area contributed by atoms with E-state index in [1.54, 1.807) is 25.3 Å². The summed E-state index contributed by atoms with van der Waals surface area (Å²) >= 11 is 0. The molecule has 0 saturated carbocycles. The van der Waals surface area contributed by atoms with Gasteiger partial charge in [0.15, 0.2) is 0 Å². The number of nitrogens with two attached hydrogens (primary N) is 1. The van der Waals surface area contributed by atoms with Crippen LogP contribution in [-0.4, -0.2) is 7.11 Å². The summed E-state index contributed by atoms with van der Waals surface area (Å²) in [6.45, 7) is 0.382. The molecule has 0 atom stereocenters. The van der Waals surface area contributed by atoms with E-state index in [1.807, 2.05) is 0 Å². The number of methoxy groups -OCH3 is 1. The van der Waals surface area contributed by atoms with E-state index in [2.05, 4.69) is 6.07 Å². The van der Waals surface area contributed by atoms with E-state index >= 15 is 0 Å². The lowest BCUT2D eigenvalue weighted by atomic mass is 10.1. The van der Waals surface area contributed by atoms with Crippen molar-refractivity contribution in [2.24, 2.45) is 5.73 Å². The molecule has 0 heterocycles. The largest absolute Gasteiger partial charge is 0.497 e. The maximum absolute atomic E-state index is 8.71. The van der Waals surface area contributed by atoms with Gasteiger partial charge in [0.1, 0.15) is 5.75 Å². The molecule has 0 aliphatic heterocycles. The first-order valence-electron chi connectivity index (χ1n) is 3.59. The van der Waals surface area contributed by atoms with Crippen LogP contribution in [0.1, 0.15) is 11.1 Å². The van der Waals surface area contributed by atoms with Gasteiger partial charge in [-0.25, -0.2) is 0 Å². The second kappa shape index (κ2) is 3.74. The van der Waals surface area contributed by atoms with Gasteiger partial charge in [-0.05, 0) is 17.7 Å². The van der Waals surface area contributed by atoms with Crippen molar-refractivity contribution >= 4 is 0 Å². The summed E-state index contributed by atoms with van der Waals surface area (Å²) in [4.78, 5) is 0. The highest BCUT2D eigenvalue weighted by molar-refractivity contribution is 5.43. The van der Waals surface area contributed by atoms with Crippen LogP contribution in [0.4, 0.5) is 0 Å². The van der Waals surface area contributed by atoms with E-state index in [4.69, 9.17) is 15.7 Å². The van der Waals surface area contributed by atoms with Crippen LogP contribution >= 0.6 is 0 Å². The Morgan fingerprint density at radius 1 is 1.58 bits per heavy atom. The monoisotopic (exact) mass is 162 g/mol. The number of benzene rings is 1. The van der Waals surface area contributed by atoms with Crippen LogP contribution in [-0.2, 0) is 6.54 Å². The minimum atomic E-state index is 0.382. The number of nitrogens with zero attached hydrogens (tertiary/aromatic N) is 1. The Morgan fingerprint density at radius 2 is 2.33 bits per heavy atom. The lowest BCUT2D eigenvalue weighted by molar-refractivity contribution is 0.414. The second-order valence-corrected chi connectivity index (χ2v) is 2.34. The van der Waals surface area contributed by atoms with Crippen LogP contribution in [0.25, 0.3) is 0 Å². The number of hydrogen-bond donors (Lipinski definition) is 1. The average molecular weight is 162 g/mol. The lowest BCUT2D eigenvalue weighted by Gasteiger charge is -2.03. The van der Waals surface area contributed by atoms with Crippen LogP contribution in [0.2, 0.25) is 0 Å². The lowest BCUT2D eigenvalue weighted by Crippen LogP contribution is -1.99. The van der Waals surface area contributed by atoms with E-state index in [9.17, 15) is 0 Å².